The molecule has 5 atom stereocenters. The third-order valence-electron chi connectivity index (χ3n) is 26.6. The Morgan fingerprint density at radius 2 is 0.865 bits per heavy atom. The van der Waals surface area contributed by atoms with Crippen LogP contribution in [0.3, 0.4) is 0 Å². The van der Waals surface area contributed by atoms with Crippen LogP contribution < -0.4 is 16.0 Å². The van der Waals surface area contributed by atoms with E-state index in [2.05, 4.69) is 215 Å². The molecule has 2 amide bonds. The summed E-state index contributed by atoms with van der Waals surface area (Å²) in [5.41, 5.74) is 0.217. The first-order valence-electron chi connectivity index (χ1n) is 45.7. The highest BCUT2D eigenvalue weighted by atomic mass is 16.3. The molecule has 0 radical (unpaired) electrons. The number of likely N-dealkylation sites (tertiary alicyclic amines) is 3. The van der Waals surface area contributed by atoms with Crippen molar-refractivity contribution in [1.29, 1.82) is 0 Å². The molecular weight excluding hydrogens is 1270 g/mol. The molecule has 6 heterocycles. The molecule has 0 aromatic heterocycles. The van der Waals surface area contributed by atoms with Gasteiger partial charge in [0.25, 0.3) is 0 Å². The number of nitrogens with zero attached hydrogens (tertiary/aromatic N) is 3. The number of amides is 2. The van der Waals surface area contributed by atoms with Crippen molar-refractivity contribution in [1.82, 2.24) is 30.7 Å². The van der Waals surface area contributed by atoms with Gasteiger partial charge in [-0.25, -0.2) is 0 Å². The smallest absolute Gasteiger partial charge is 0.219 e. The molecule has 9 heteroatoms. The predicted molar refractivity (Wildman–Crippen MR) is 463 cm³/mol. The fourth-order valence-electron chi connectivity index (χ4n) is 16.4. The fraction of sp³-hybridized carbons (Fsp3) is 0.979. The van der Waals surface area contributed by atoms with Gasteiger partial charge in [0, 0.05) is 57.6 Å². The second kappa shape index (κ2) is 56.9. The van der Waals surface area contributed by atoms with E-state index in [4.69, 9.17) is 0 Å². The maximum Gasteiger partial charge on any atom is 0.219 e. The number of carbonyl (C=O) groups is 2. The summed E-state index contributed by atoms with van der Waals surface area (Å²) in [6, 6.07) is 3.17. The van der Waals surface area contributed by atoms with Crippen LogP contribution in [0.2, 0.25) is 0 Å². The van der Waals surface area contributed by atoms with Gasteiger partial charge in [0.05, 0.1) is 5.60 Å². The van der Waals surface area contributed by atoms with E-state index in [-0.39, 0.29) is 17.4 Å². The first kappa shape index (κ1) is 103. The van der Waals surface area contributed by atoms with E-state index in [1.165, 1.54) is 206 Å². The molecule has 10 fully saturated rings. The van der Waals surface area contributed by atoms with Crippen molar-refractivity contribution in [2.24, 2.45) is 118 Å². The number of carbonyl (C=O) groups excluding carboxylic acids is 2. The van der Waals surface area contributed by atoms with Crippen molar-refractivity contribution < 1.29 is 14.7 Å². The Bertz CT molecular complexity index is 1940. The Balaban J connectivity index is 0.00000113. The van der Waals surface area contributed by atoms with Gasteiger partial charge in [0.2, 0.25) is 11.8 Å². The van der Waals surface area contributed by atoms with Crippen LogP contribution in [0.1, 0.15) is 394 Å². The molecule has 4 saturated carbocycles. The molecule has 6 saturated heterocycles. The Kier molecular flexibility index (Phi) is 56.2. The minimum absolute atomic E-state index is 0.236. The van der Waals surface area contributed by atoms with E-state index in [1.807, 2.05) is 16.7 Å². The summed E-state index contributed by atoms with van der Waals surface area (Å²) in [6.07, 6.45) is 38.2. The lowest BCUT2D eigenvalue weighted by Gasteiger charge is -2.46. The molecule has 4 N–H and O–H groups in total. The number of hydrogen-bond acceptors (Lipinski definition) is 7. The lowest BCUT2D eigenvalue weighted by molar-refractivity contribution is -0.131. The van der Waals surface area contributed by atoms with E-state index >= 15 is 0 Å². The maximum absolute atomic E-state index is 11.2. The number of hydrogen-bond donors (Lipinski definition) is 4. The molecule has 622 valence electrons. The predicted octanol–water partition coefficient (Wildman–Crippen LogP) is 25.2. The van der Waals surface area contributed by atoms with E-state index < -0.39 is 0 Å². The summed E-state index contributed by atoms with van der Waals surface area (Å²) in [6.45, 7) is 80.0. The van der Waals surface area contributed by atoms with Gasteiger partial charge in [0.1, 0.15) is 0 Å². The lowest BCUT2D eigenvalue weighted by Crippen LogP contribution is -2.48. The summed E-state index contributed by atoms with van der Waals surface area (Å²) in [4.78, 5) is 29.0. The minimum Gasteiger partial charge on any atom is -0.390 e. The van der Waals surface area contributed by atoms with Gasteiger partial charge >= 0.3 is 0 Å². The Hall–Kier alpha value is -1.26. The monoisotopic (exact) mass is 1470 g/mol. The summed E-state index contributed by atoms with van der Waals surface area (Å²) >= 11 is 0. The first-order chi connectivity index (χ1) is 48.5. The fourth-order valence-corrected chi connectivity index (χ4v) is 16.4. The zero-order chi connectivity index (χ0) is 79.5. The zero-order valence-electron chi connectivity index (χ0n) is 76.5. The second-order valence-electron chi connectivity index (χ2n) is 40.8. The molecule has 4 aliphatic carbocycles. The number of aliphatic hydroxyl groups is 1. The average Bonchev–Trinajstić information content (AvgIpc) is 0.980. The van der Waals surface area contributed by atoms with Gasteiger partial charge in [-0.2, -0.15) is 0 Å². The molecule has 0 unspecified atom stereocenters. The molecule has 9 nitrogen and oxygen atoms in total. The molecule has 10 rings (SSSR count). The Morgan fingerprint density at radius 3 is 1.16 bits per heavy atom. The highest BCUT2D eigenvalue weighted by Gasteiger charge is 2.40. The van der Waals surface area contributed by atoms with Crippen molar-refractivity contribution in [2.45, 2.75) is 424 Å². The van der Waals surface area contributed by atoms with E-state index in [0.29, 0.717) is 23.3 Å². The van der Waals surface area contributed by atoms with Gasteiger partial charge in [0.15, 0.2) is 0 Å². The van der Waals surface area contributed by atoms with E-state index in [9.17, 15) is 14.7 Å². The highest BCUT2D eigenvalue weighted by molar-refractivity contribution is 5.74. The summed E-state index contributed by atoms with van der Waals surface area (Å²) in [5.74, 6) is 17.2. The van der Waals surface area contributed by atoms with Crippen LogP contribution in [0.4, 0.5) is 0 Å². The quantitative estimate of drug-likeness (QED) is 0.122. The van der Waals surface area contributed by atoms with Gasteiger partial charge in [-0.05, 0) is 299 Å². The summed E-state index contributed by atoms with van der Waals surface area (Å²) in [7, 11) is 0. The van der Waals surface area contributed by atoms with Gasteiger partial charge < -0.3 is 35.8 Å². The van der Waals surface area contributed by atoms with Crippen molar-refractivity contribution in [3.63, 3.8) is 0 Å². The topological polar surface area (TPSA) is 100 Å². The van der Waals surface area contributed by atoms with Crippen LogP contribution in [0.5, 0.6) is 0 Å². The molecule has 0 bridgehead atoms. The van der Waals surface area contributed by atoms with Crippen LogP contribution in [0.15, 0.2) is 0 Å². The standard InChI is InChI=1S/C12H23N.2C10H19NO.C9H18.3C8H17N.C8H16O.C8H16.C8H18.C6H14/c1-10(2)11-8-12(9-11)13-6-4-3-5-7-13;1-8(2)10-5-4-6-11(7-10)9(3)12;1-8(2)7-10-5-4-6-11(10)9(3)12;1-8(2)9-6-4-3-5-7-9;1-7(2)8-4-3-5-9-6-8;2*1-7(2)6-8-4-3-5-9-8;1-6(2)7-4-8(3,9)5-7;1-6(2)8-4-7(3)5-8;1-6-8(4,5)7(2)3;1-5(2)6(3)4/h10-12H,3-9H2,1-2H3;2*8,10H,4-7H2,1-3H3;8-9H,3-7H2,1-2H3;3*7-9H,3-6H2,1-2H3;6-7,9H,4-5H2,1-3H3;6-8H,4-5H2,1-3H3;7H,6H2,1-5H3;5-6H,1-4H3/t;2*10-;;3*8-;;;;/m.11.110..../s1. The highest BCUT2D eigenvalue weighted by Crippen LogP contribution is 2.42. The lowest BCUT2D eigenvalue weighted by atomic mass is 9.67. The molecule has 0 aromatic carbocycles. The molecule has 6 aliphatic heterocycles. The molecular formula is C95H194N6O3. The van der Waals surface area contributed by atoms with Gasteiger partial charge in [-0.1, -0.05) is 239 Å². The molecule has 10 aliphatic rings. The van der Waals surface area contributed by atoms with E-state index in [0.717, 1.165) is 151 Å². The van der Waals surface area contributed by atoms with Crippen molar-refractivity contribution in [3.8, 4) is 0 Å². The van der Waals surface area contributed by atoms with Crippen molar-refractivity contribution in [2.75, 3.05) is 58.9 Å². The Morgan fingerprint density at radius 1 is 0.452 bits per heavy atom. The zero-order valence-corrected chi connectivity index (χ0v) is 76.5. The number of nitrogens with one attached hydrogen (secondary N) is 3. The van der Waals surface area contributed by atoms with Crippen molar-refractivity contribution in [3.05, 3.63) is 0 Å². The summed E-state index contributed by atoms with van der Waals surface area (Å²) in [5, 5.41) is 19.7. The van der Waals surface area contributed by atoms with Crippen LogP contribution in [-0.4, -0.2) is 120 Å². The third-order valence-corrected chi connectivity index (χ3v) is 26.6. The largest absolute Gasteiger partial charge is 0.390 e. The summed E-state index contributed by atoms with van der Waals surface area (Å²) < 4.78 is 0. The van der Waals surface area contributed by atoms with Crippen LogP contribution in [-0.2, 0) is 9.59 Å². The van der Waals surface area contributed by atoms with Crippen LogP contribution in [0.25, 0.3) is 0 Å². The first-order valence-corrected chi connectivity index (χ1v) is 45.7. The Labute approximate surface area is 654 Å². The molecule has 104 heavy (non-hydrogen) atoms. The van der Waals surface area contributed by atoms with Crippen LogP contribution >= 0.6 is 0 Å². The minimum atomic E-state index is -0.324. The maximum atomic E-state index is 11.2. The van der Waals surface area contributed by atoms with Gasteiger partial charge in [-0.15, -0.1) is 0 Å². The SMILES string of the molecule is CC(=O)N1CCC[C@@H](C(C)C)C1.CC(=O)N1CCC[C@@H]1CC(C)C.CC(C)C(C)C.CC(C)C1CC(C)(O)C1.CC(C)C1CC(N2CCCCC2)C1.CC(C)C1CCCCC1.CC(C)C[C@@H]1CCCN1.CC(C)C[C@H]1CCCN1.CC(C)[C@@H]1CCCNC1.CC1CC(C(C)C)C1.CCC(C)(C)C(C)C. The average molecular weight is 1470 g/mol. The van der Waals surface area contributed by atoms with Gasteiger partial charge in [-0.3, -0.25) is 9.59 Å². The normalized spacial score (nSPS) is 27.6. The van der Waals surface area contributed by atoms with E-state index in [1.54, 1.807) is 13.8 Å². The second-order valence-corrected chi connectivity index (χ2v) is 40.8. The van der Waals surface area contributed by atoms with Crippen LogP contribution in [0, 0.1) is 118 Å². The number of piperidine rings is 3. The number of rotatable bonds is 16. The van der Waals surface area contributed by atoms with Crippen molar-refractivity contribution >= 4 is 11.8 Å². The molecule has 0 spiro atoms. The third kappa shape index (κ3) is 48.5. The molecule has 0 aromatic rings.